The van der Waals surface area contributed by atoms with E-state index in [2.05, 4.69) is 65.8 Å². The number of benzene rings is 3. The molecule has 3 saturated heterocycles. The van der Waals surface area contributed by atoms with E-state index in [0.29, 0.717) is 130 Å². The first-order valence-corrected chi connectivity index (χ1v) is 55.9. The predicted octanol–water partition coefficient (Wildman–Crippen LogP) is 6.51. The molecule has 9 heterocycles. The molecule has 804 valence electrons. The maximum Gasteiger partial charge on any atom is 0.410 e. The van der Waals surface area contributed by atoms with Crippen LogP contribution in [0, 0.1) is 29.1 Å². The van der Waals surface area contributed by atoms with E-state index >= 15 is 0 Å². The van der Waals surface area contributed by atoms with Crippen molar-refractivity contribution in [1.82, 2.24) is 90.2 Å². The summed E-state index contributed by atoms with van der Waals surface area (Å²) >= 11 is 0. The number of fused-ring (bicyclic) bond motifs is 9. The quantitative estimate of drug-likeness (QED) is 0.0382. The molecule has 0 spiro atoms. The van der Waals surface area contributed by atoms with Crippen molar-refractivity contribution >= 4 is 138 Å². The minimum absolute atomic E-state index is 0.0523. The fourth-order valence-electron chi connectivity index (χ4n) is 20.9. The number of hydrogen-bond donors (Lipinski definition) is 9. The summed E-state index contributed by atoms with van der Waals surface area (Å²) < 4.78 is 99.9. The Morgan fingerprint density at radius 3 is 1.07 bits per heavy atom. The first-order chi connectivity index (χ1) is 70.6. The molecule has 18 amide bonds. The number of carbonyl (C=O) groups is 15. The number of sulfonamides is 3. The lowest BCUT2D eigenvalue weighted by molar-refractivity contribution is -0.142. The van der Waals surface area contributed by atoms with Crippen molar-refractivity contribution in [2.24, 2.45) is 29.1 Å². The second-order valence-corrected chi connectivity index (χ2v) is 49.1. The minimum Gasteiger partial charge on any atom is -0.444 e. The number of ether oxygens (including phenoxy) is 3. The van der Waals surface area contributed by atoms with Gasteiger partial charge in [0.05, 0.1) is 55.0 Å². The van der Waals surface area contributed by atoms with Crippen LogP contribution in [-0.4, -0.2) is 306 Å². The van der Waals surface area contributed by atoms with Crippen LogP contribution in [0.1, 0.15) is 207 Å². The molecule has 9 aliphatic heterocycles. The molecule has 42 nitrogen and oxygen atoms in total. The summed E-state index contributed by atoms with van der Waals surface area (Å²) in [6.45, 7) is 25.0. The average molecular weight is 2120 g/mol. The molecule has 149 heavy (non-hydrogen) atoms. The maximum atomic E-state index is 14.4. The lowest BCUT2D eigenvalue weighted by Gasteiger charge is -2.36. The highest BCUT2D eigenvalue weighted by molar-refractivity contribution is 7.91. The molecule has 12 bridgehead atoms. The van der Waals surface area contributed by atoms with Crippen LogP contribution in [0.25, 0.3) is 18.2 Å². The van der Waals surface area contributed by atoms with Gasteiger partial charge in [-0.1, -0.05) is 164 Å². The fourth-order valence-corrected chi connectivity index (χ4v) is 25.0. The summed E-state index contributed by atoms with van der Waals surface area (Å²) in [4.78, 5) is 219. The number of hydrogen-bond acceptors (Lipinski definition) is 24. The van der Waals surface area contributed by atoms with Crippen molar-refractivity contribution in [3.63, 3.8) is 0 Å². The summed E-state index contributed by atoms with van der Waals surface area (Å²) in [5.41, 5.74) is 3.40. The summed E-state index contributed by atoms with van der Waals surface area (Å²) in [6.07, 6.45) is 18.3. The van der Waals surface area contributed by atoms with E-state index in [0.717, 1.165) is 56.5 Å². The molecule has 45 heteroatoms. The van der Waals surface area contributed by atoms with Crippen molar-refractivity contribution in [3.8, 4) is 0 Å². The number of nitrogens with zero attached hydrogens (tertiary/aromatic N) is 9. The van der Waals surface area contributed by atoms with Crippen LogP contribution < -0.4 is 46.1 Å². The van der Waals surface area contributed by atoms with Gasteiger partial charge in [0.1, 0.15) is 71.2 Å². The molecule has 6 aliphatic carbocycles. The normalized spacial score (nSPS) is 29.3. The average Bonchev–Trinajstić information content (AvgIpc) is 1.58. The van der Waals surface area contributed by atoms with E-state index in [1.165, 1.54) is 47.6 Å². The van der Waals surface area contributed by atoms with Crippen LogP contribution in [0.15, 0.2) is 111 Å². The molecular formula is C104H136N18O24S3. The van der Waals surface area contributed by atoms with Crippen molar-refractivity contribution in [3.05, 3.63) is 161 Å². The highest BCUT2D eigenvalue weighted by Crippen LogP contribution is 2.50. The van der Waals surface area contributed by atoms with E-state index in [4.69, 9.17) is 14.2 Å². The van der Waals surface area contributed by atoms with Gasteiger partial charge in [-0.25, -0.2) is 54.0 Å². The number of urea groups is 3. The Labute approximate surface area is 868 Å². The van der Waals surface area contributed by atoms with Gasteiger partial charge in [-0.2, -0.15) is 0 Å². The second kappa shape index (κ2) is 43.4. The summed E-state index contributed by atoms with van der Waals surface area (Å²) in [5.74, 6) is -8.20. The molecule has 0 aromatic heterocycles. The van der Waals surface area contributed by atoms with Gasteiger partial charge in [0.15, 0.2) is 0 Å². The Kier molecular flexibility index (Phi) is 31.6. The third kappa shape index (κ3) is 23.8. The van der Waals surface area contributed by atoms with Crippen LogP contribution in [0.4, 0.5) is 28.8 Å². The predicted molar refractivity (Wildman–Crippen MR) is 546 cm³/mol. The lowest BCUT2D eigenvalue weighted by Crippen LogP contribution is -2.61. The molecule has 15 aliphatic rings. The van der Waals surface area contributed by atoms with Crippen molar-refractivity contribution in [1.29, 1.82) is 0 Å². The maximum absolute atomic E-state index is 14.4. The van der Waals surface area contributed by atoms with Crippen LogP contribution >= 0.6 is 0 Å². The smallest absolute Gasteiger partial charge is 0.410 e. The monoisotopic (exact) mass is 2120 g/mol. The van der Waals surface area contributed by atoms with E-state index in [-0.39, 0.29) is 64.1 Å². The van der Waals surface area contributed by atoms with Gasteiger partial charge in [-0.3, -0.25) is 72.0 Å². The lowest BCUT2D eigenvalue weighted by atomic mass is 9.85. The first-order valence-electron chi connectivity index (χ1n) is 51.3. The molecule has 6 saturated carbocycles. The SMILES string of the molecule is C=C[C@@H]1C[C@]1(NC(=O)[C@@H]1C[C@@H]2CN1C(=O)[C@H](C(C)(C)C)NC(=O)N(C)CC/C=C/c1cccc3c1CN(C3)C(=O)O2)C(=O)NS(=O)(=O)C1CC1.C=C[C@@H]1C[C@]1(NC(=O)[C@@H]1C[C@@H]2CN1C(=O)[C@H](C(C)C)NC(=O)N(C)CC/C=C/c1cccc3c1CN(C3)C(=O)O2)C(=O)NS(=O)(=O)C1CC1.C=C[C@@H]1C[C@]1(NC(=O)[C@@H]1C[C@@H]2CN1C(=O)[C@H](CCCC)NC(=O)N(C)CC/C=C/c1cccc3c1CN(C3)C(=O)O2)C(=O)NS(=O)(=O)C1CC1. The van der Waals surface area contributed by atoms with Gasteiger partial charge in [-0.05, 0) is 145 Å². The molecule has 0 radical (unpaired) electrons. The topological polar surface area (TPSA) is 524 Å². The number of rotatable bonds is 22. The summed E-state index contributed by atoms with van der Waals surface area (Å²) in [5, 5.41) is 14.8. The zero-order valence-corrected chi connectivity index (χ0v) is 88.0. The molecule has 9 N–H and O–H groups in total. The van der Waals surface area contributed by atoms with Gasteiger partial charge in [0, 0.05) is 97.4 Å². The van der Waals surface area contributed by atoms with Crippen LogP contribution in [-0.2, 0) is 127 Å². The van der Waals surface area contributed by atoms with Crippen LogP contribution in [0.2, 0.25) is 0 Å². The van der Waals surface area contributed by atoms with Gasteiger partial charge in [-0.15, -0.1) is 19.7 Å². The Balaban J connectivity index is 0.000000159. The fraction of sp³-hybridized carbons (Fsp3) is 0.567. The number of nitrogens with one attached hydrogen (secondary N) is 9. The van der Waals surface area contributed by atoms with Gasteiger partial charge in [0.25, 0.3) is 17.7 Å². The van der Waals surface area contributed by atoms with Crippen LogP contribution in [0.5, 0.6) is 0 Å². The van der Waals surface area contributed by atoms with Gasteiger partial charge >= 0.3 is 36.4 Å². The van der Waals surface area contributed by atoms with E-state index in [9.17, 15) is 97.2 Å². The number of unbranched alkanes of at least 4 members (excludes halogenated alkanes) is 1. The molecule has 0 unspecified atom stereocenters. The largest absolute Gasteiger partial charge is 0.444 e. The van der Waals surface area contributed by atoms with Crippen molar-refractivity contribution in [2.75, 3.05) is 60.4 Å². The Hall–Kier alpha value is -13.2. The van der Waals surface area contributed by atoms with Gasteiger partial charge < -0.3 is 75.5 Å². The standard InChI is InChI=1S/2C35H46N6O8S.C34H44N6O8S/c1-6-23-17-35(23,31(44)38-50(47,48)25-13-14-25)37-29(42)27-16-24-19-41(27)30(43)28(34(2,3)4)36-32(45)39(5)15-8-7-10-21-11-9-12-22-18-40(20-26(21)22)33(46)49-24;1-4-6-13-28-31(43)41-20-25(17-29(41)30(42)37-35(18-24(35)5-2)32(44)38-50(47,48)26-14-15-26)49-34(46)40-19-23-12-9-11-22(27(23)21-40)10-7-8-16-39(3)33(45)36-28;1-5-23-16-34(23,31(43)37-49(46,47)25-12-13-25)36-29(41)27-15-24-18-40(27)30(42)28(20(2)3)35-32(44)38(4)14-7-6-9-21-10-8-11-22-17-39(19-26(21)22)33(45)48-24/h6-7,9-12,23-25,27-28H,1,8,13-20H2,2-5H3,(H,36,45)(H,37,42)(H,38,44);5,7,9-12,24-26,28-29H,2,4,6,8,13-21H2,1,3H3,(H,36,45)(H,37,42)(H,38,44);5-6,8-11,20,23-25,27-28H,1,7,12-19H2,2-4H3,(H,35,44)(H,36,41)(H,37,43)/b2*10-7+;9-6+/t23-,24-,27+,28-,35-;24-,25-,28+,29+,35-;23-,24-,27+,28+,34-/m111/s1. The summed E-state index contributed by atoms with van der Waals surface area (Å²) in [6, 6.07) is 9.65. The number of amides is 18. The molecule has 18 rings (SSSR count). The Bertz CT molecular complexity index is 6350. The van der Waals surface area contributed by atoms with E-state index in [1.54, 1.807) is 70.5 Å². The molecular weight excluding hydrogens is 1980 g/mol. The number of carbonyl (C=O) groups excluding carboxylic acids is 15. The first kappa shape index (κ1) is 109. The Morgan fingerprint density at radius 1 is 0.450 bits per heavy atom. The van der Waals surface area contributed by atoms with Crippen molar-refractivity contribution in [2.45, 2.75) is 283 Å². The third-order valence-corrected chi connectivity index (χ3v) is 36.2. The highest BCUT2D eigenvalue weighted by Gasteiger charge is 2.66. The second-order valence-electron chi connectivity index (χ2n) is 43.2. The molecule has 15 atom stereocenters. The van der Waals surface area contributed by atoms with E-state index in [1.807, 2.05) is 98.0 Å². The highest BCUT2D eigenvalue weighted by atomic mass is 32.2. The van der Waals surface area contributed by atoms with Crippen molar-refractivity contribution < 1.29 is 111 Å². The summed E-state index contributed by atoms with van der Waals surface area (Å²) in [7, 11) is -6.74. The zero-order valence-electron chi connectivity index (χ0n) is 85.5. The Morgan fingerprint density at radius 2 is 0.765 bits per heavy atom. The molecule has 3 aromatic rings. The third-order valence-electron chi connectivity index (χ3n) is 30.8. The minimum atomic E-state index is -3.90. The zero-order chi connectivity index (χ0) is 107. The van der Waals surface area contributed by atoms with Crippen LogP contribution in [0.3, 0.4) is 0 Å². The molecule has 9 fully saturated rings. The molecule has 3 aromatic carbocycles. The van der Waals surface area contributed by atoms with Gasteiger partial charge in [0.2, 0.25) is 65.5 Å². The van der Waals surface area contributed by atoms with E-state index < -0.39 is 230 Å².